The maximum atomic E-state index is 13.9. The Kier molecular flexibility index (Phi) is 7.47. The van der Waals surface area contributed by atoms with Crippen LogP contribution in [0.25, 0.3) is 6.08 Å². The Hall–Kier alpha value is -4.05. The molecule has 0 amide bonds. The summed E-state index contributed by atoms with van der Waals surface area (Å²) in [4.78, 5) is 45.5. The number of nitro groups is 1. The standard InChI is InChI=1S/C29H30N4O5S/c1-4-38-28(35)25-19(3)30-29-32(26(25)20-8-6-5-7-9-20)27(34)24(39-29)17-21-16-22(33(36)37)10-11-23(21)31-14-12-18(2)13-15-31/h5-11,16-18,26H,4,12-15H2,1-3H3/b24-17+/t26-/m0/s1. The zero-order chi connectivity index (χ0) is 27.7. The number of piperidine rings is 1. The quantitative estimate of drug-likeness (QED) is 0.263. The average Bonchev–Trinajstić information content (AvgIpc) is 3.23. The van der Waals surface area contributed by atoms with E-state index in [4.69, 9.17) is 4.74 Å². The van der Waals surface area contributed by atoms with Crippen molar-refractivity contribution < 1.29 is 14.5 Å². The molecular weight excluding hydrogens is 516 g/mol. The zero-order valence-electron chi connectivity index (χ0n) is 22.1. The fraction of sp³-hybridized carbons (Fsp3) is 0.345. The Labute approximate surface area is 229 Å². The summed E-state index contributed by atoms with van der Waals surface area (Å²) in [6.45, 7) is 7.60. The molecule has 2 aromatic carbocycles. The first-order valence-electron chi connectivity index (χ1n) is 13.1. The summed E-state index contributed by atoms with van der Waals surface area (Å²) in [5.41, 5.74) is 2.70. The number of aromatic nitrogens is 1. The number of fused-ring (bicyclic) bond motifs is 1. The Morgan fingerprint density at radius 3 is 2.59 bits per heavy atom. The second-order valence-corrected chi connectivity index (χ2v) is 10.9. The molecule has 3 aromatic rings. The predicted molar refractivity (Wildman–Crippen MR) is 151 cm³/mol. The second kappa shape index (κ2) is 11.0. The summed E-state index contributed by atoms with van der Waals surface area (Å²) in [5, 5.41) is 11.6. The molecule has 9 nitrogen and oxygen atoms in total. The molecule has 1 atom stereocenters. The van der Waals surface area contributed by atoms with E-state index in [2.05, 4.69) is 16.8 Å². The number of carbonyl (C=O) groups is 1. The Balaban J connectivity index is 1.69. The number of allylic oxidation sites excluding steroid dienone is 1. The number of ether oxygens (including phenoxy) is 1. The highest BCUT2D eigenvalue weighted by Crippen LogP contribution is 2.32. The summed E-state index contributed by atoms with van der Waals surface area (Å²) in [7, 11) is 0. The van der Waals surface area contributed by atoms with Crippen LogP contribution in [0, 0.1) is 16.0 Å². The van der Waals surface area contributed by atoms with Crippen LogP contribution in [0.2, 0.25) is 0 Å². The van der Waals surface area contributed by atoms with E-state index in [9.17, 15) is 19.7 Å². The monoisotopic (exact) mass is 546 g/mol. The van der Waals surface area contributed by atoms with Gasteiger partial charge in [0.15, 0.2) is 4.80 Å². The number of benzene rings is 2. The van der Waals surface area contributed by atoms with Crippen molar-refractivity contribution in [1.82, 2.24) is 4.57 Å². The van der Waals surface area contributed by atoms with Crippen LogP contribution < -0.4 is 19.8 Å². The minimum Gasteiger partial charge on any atom is -0.463 e. The molecule has 5 rings (SSSR count). The number of nitrogens with zero attached hydrogens (tertiary/aromatic N) is 4. The molecule has 39 heavy (non-hydrogen) atoms. The third kappa shape index (κ3) is 5.16. The molecule has 0 aliphatic carbocycles. The first-order valence-corrected chi connectivity index (χ1v) is 13.9. The molecule has 0 bridgehead atoms. The van der Waals surface area contributed by atoms with Crippen LogP contribution in [0.5, 0.6) is 0 Å². The largest absolute Gasteiger partial charge is 0.463 e. The number of non-ortho nitro benzene ring substituents is 1. The van der Waals surface area contributed by atoms with Gasteiger partial charge in [0.2, 0.25) is 0 Å². The number of nitro benzene ring substituents is 1. The van der Waals surface area contributed by atoms with E-state index in [1.54, 1.807) is 26.0 Å². The van der Waals surface area contributed by atoms with E-state index >= 15 is 0 Å². The van der Waals surface area contributed by atoms with Gasteiger partial charge in [-0.05, 0) is 50.3 Å². The van der Waals surface area contributed by atoms with Crippen LogP contribution >= 0.6 is 11.3 Å². The van der Waals surface area contributed by atoms with Crippen LogP contribution in [0.4, 0.5) is 11.4 Å². The summed E-state index contributed by atoms with van der Waals surface area (Å²) >= 11 is 1.21. The normalized spacial score (nSPS) is 18.1. The molecule has 2 aliphatic rings. The topological polar surface area (TPSA) is 107 Å². The highest BCUT2D eigenvalue weighted by Gasteiger charge is 2.33. The summed E-state index contributed by atoms with van der Waals surface area (Å²) < 4.78 is 7.26. The van der Waals surface area contributed by atoms with Crippen LogP contribution in [0.1, 0.15) is 50.8 Å². The fourth-order valence-corrected chi connectivity index (χ4v) is 6.23. The van der Waals surface area contributed by atoms with Crippen LogP contribution in [0.3, 0.4) is 0 Å². The molecule has 0 radical (unpaired) electrons. The predicted octanol–water partition coefficient (Wildman–Crippen LogP) is 3.94. The van der Waals surface area contributed by atoms with Crippen molar-refractivity contribution >= 4 is 34.8 Å². The van der Waals surface area contributed by atoms with Crippen molar-refractivity contribution in [1.29, 1.82) is 0 Å². The molecule has 1 saturated heterocycles. The number of anilines is 1. The number of hydrogen-bond donors (Lipinski definition) is 0. The third-order valence-electron chi connectivity index (χ3n) is 7.27. The molecule has 0 N–H and O–H groups in total. The minimum absolute atomic E-state index is 0.0363. The van der Waals surface area contributed by atoms with Gasteiger partial charge in [-0.25, -0.2) is 9.79 Å². The first kappa shape index (κ1) is 26.6. The summed E-state index contributed by atoms with van der Waals surface area (Å²) in [6, 6.07) is 13.4. The van der Waals surface area contributed by atoms with Gasteiger partial charge in [0.05, 0.1) is 33.4 Å². The van der Waals surface area contributed by atoms with E-state index < -0.39 is 16.9 Å². The first-order chi connectivity index (χ1) is 18.8. The van der Waals surface area contributed by atoms with E-state index in [1.165, 1.54) is 28.0 Å². The third-order valence-corrected chi connectivity index (χ3v) is 8.25. The molecule has 202 valence electrons. The molecule has 10 heteroatoms. The highest BCUT2D eigenvalue weighted by molar-refractivity contribution is 7.07. The lowest BCUT2D eigenvalue weighted by molar-refractivity contribution is -0.384. The number of esters is 1. The van der Waals surface area contributed by atoms with Crippen LogP contribution in [-0.2, 0) is 9.53 Å². The van der Waals surface area contributed by atoms with Gasteiger partial charge in [-0.15, -0.1) is 0 Å². The SMILES string of the molecule is CCOC(=O)C1=C(C)N=c2s/c(=C/c3cc([N+](=O)[O-])ccc3N3CCC(C)CC3)c(=O)n2[C@H]1c1ccccc1. The fourth-order valence-electron chi connectivity index (χ4n) is 5.19. The molecule has 3 heterocycles. The van der Waals surface area contributed by atoms with Crippen molar-refractivity contribution in [2.45, 2.75) is 39.7 Å². The lowest BCUT2D eigenvalue weighted by Crippen LogP contribution is -2.40. The summed E-state index contributed by atoms with van der Waals surface area (Å²) in [6.07, 6.45) is 3.78. The maximum Gasteiger partial charge on any atom is 0.338 e. The van der Waals surface area contributed by atoms with Gasteiger partial charge in [-0.1, -0.05) is 48.6 Å². The van der Waals surface area contributed by atoms with Crippen molar-refractivity contribution in [3.05, 3.63) is 101 Å². The van der Waals surface area contributed by atoms with E-state index in [1.807, 2.05) is 30.3 Å². The Morgan fingerprint density at radius 2 is 1.92 bits per heavy atom. The van der Waals surface area contributed by atoms with Gasteiger partial charge in [0.1, 0.15) is 0 Å². The van der Waals surface area contributed by atoms with E-state index in [0.29, 0.717) is 32.1 Å². The Bertz CT molecular complexity index is 1630. The average molecular weight is 547 g/mol. The van der Waals surface area contributed by atoms with E-state index in [0.717, 1.165) is 37.2 Å². The molecule has 1 fully saturated rings. The second-order valence-electron chi connectivity index (χ2n) is 9.88. The van der Waals surface area contributed by atoms with Crippen molar-refractivity contribution in [2.24, 2.45) is 10.9 Å². The zero-order valence-corrected chi connectivity index (χ0v) is 22.9. The molecule has 1 aromatic heterocycles. The van der Waals surface area contributed by atoms with Crippen molar-refractivity contribution in [2.75, 3.05) is 24.6 Å². The maximum absolute atomic E-state index is 13.9. The van der Waals surface area contributed by atoms with Crippen molar-refractivity contribution in [3.63, 3.8) is 0 Å². The number of thiazole rings is 1. The molecule has 0 spiro atoms. The van der Waals surface area contributed by atoms with Gasteiger partial charge in [-0.3, -0.25) is 19.5 Å². The lowest BCUT2D eigenvalue weighted by Gasteiger charge is -2.33. The molecule has 2 aliphatic heterocycles. The van der Waals surface area contributed by atoms with Gasteiger partial charge in [0, 0.05) is 36.5 Å². The minimum atomic E-state index is -0.697. The van der Waals surface area contributed by atoms with Crippen LogP contribution in [0.15, 0.2) is 69.6 Å². The van der Waals surface area contributed by atoms with Crippen molar-refractivity contribution in [3.8, 4) is 0 Å². The Morgan fingerprint density at radius 1 is 1.21 bits per heavy atom. The molecule has 0 saturated carbocycles. The molecule has 0 unspecified atom stereocenters. The van der Waals surface area contributed by atoms with Crippen LogP contribution in [-0.4, -0.2) is 35.2 Å². The lowest BCUT2D eigenvalue weighted by atomic mass is 9.96. The van der Waals surface area contributed by atoms with Gasteiger partial charge in [-0.2, -0.15) is 0 Å². The van der Waals surface area contributed by atoms with Gasteiger partial charge in [0.25, 0.3) is 11.2 Å². The number of hydrogen-bond acceptors (Lipinski definition) is 8. The van der Waals surface area contributed by atoms with Gasteiger partial charge < -0.3 is 9.64 Å². The van der Waals surface area contributed by atoms with E-state index in [-0.39, 0.29) is 17.9 Å². The molecular formula is C29H30N4O5S. The summed E-state index contributed by atoms with van der Waals surface area (Å²) in [5.74, 6) is 0.114. The smallest absolute Gasteiger partial charge is 0.338 e. The highest BCUT2D eigenvalue weighted by atomic mass is 32.1. The van der Waals surface area contributed by atoms with Gasteiger partial charge >= 0.3 is 5.97 Å². The number of carbonyl (C=O) groups excluding carboxylic acids is 1. The number of rotatable bonds is 6.